The van der Waals surface area contributed by atoms with E-state index >= 15 is 0 Å². The number of benzene rings is 2. The zero-order chi connectivity index (χ0) is 16.8. The quantitative estimate of drug-likeness (QED) is 0.292. The number of nitrogens with one attached hydrogen (secondary N) is 1. The average molecular weight is 555 g/mol. The molecule has 23 heavy (non-hydrogen) atoms. The standard InChI is InChI=1S/C17H17ClI2N2O/c1-11(2)23-17-15(19)7-12(8-16(17)20)9-21-22-10-13-5-3-4-6-14(13)18/h3-9,11,22H,10H2,1-2H3/b21-9-. The predicted molar refractivity (Wildman–Crippen MR) is 114 cm³/mol. The summed E-state index contributed by atoms with van der Waals surface area (Å²) in [5.74, 6) is 0.933. The summed E-state index contributed by atoms with van der Waals surface area (Å²) in [5, 5.41) is 5.01. The van der Waals surface area contributed by atoms with Gasteiger partial charge < -0.3 is 10.2 Å². The van der Waals surface area contributed by atoms with Gasteiger partial charge in [-0.25, -0.2) is 0 Å². The highest BCUT2D eigenvalue weighted by Gasteiger charge is 2.09. The van der Waals surface area contributed by atoms with Crippen molar-refractivity contribution in [3.8, 4) is 5.75 Å². The van der Waals surface area contributed by atoms with Gasteiger partial charge in [0.2, 0.25) is 0 Å². The van der Waals surface area contributed by atoms with Crippen LogP contribution in [0.15, 0.2) is 41.5 Å². The first-order chi connectivity index (χ1) is 11.0. The fourth-order valence-corrected chi connectivity index (χ4v) is 4.17. The second kappa shape index (κ2) is 9.08. The summed E-state index contributed by atoms with van der Waals surface area (Å²) in [6, 6.07) is 11.8. The Kier molecular flexibility index (Phi) is 7.42. The van der Waals surface area contributed by atoms with Crippen molar-refractivity contribution in [2.24, 2.45) is 5.10 Å². The lowest BCUT2D eigenvalue weighted by molar-refractivity contribution is 0.239. The summed E-state index contributed by atoms with van der Waals surface area (Å²) in [6.45, 7) is 4.65. The molecule has 0 aliphatic heterocycles. The molecule has 2 aromatic carbocycles. The van der Waals surface area contributed by atoms with Crippen LogP contribution in [-0.2, 0) is 6.54 Å². The molecule has 0 saturated carbocycles. The molecule has 0 amide bonds. The Morgan fingerprint density at radius 1 is 1.22 bits per heavy atom. The van der Waals surface area contributed by atoms with Crippen molar-refractivity contribution in [3.05, 3.63) is 59.7 Å². The molecular formula is C17H17ClI2N2O. The van der Waals surface area contributed by atoms with Gasteiger partial charge in [0.1, 0.15) is 5.75 Å². The fourth-order valence-electron chi connectivity index (χ4n) is 1.90. The molecule has 0 heterocycles. The topological polar surface area (TPSA) is 33.6 Å². The first kappa shape index (κ1) is 18.8. The first-order valence-corrected chi connectivity index (χ1v) is 9.66. The largest absolute Gasteiger partial charge is 0.489 e. The number of ether oxygens (including phenoxy) is 1. The number of rotatable bonds is 6. The van der Waals surface area contributed by atoms with E-state index in [1.165, 1.54) is 0 Å². The molecule has 0 spiro atoms. The van der Waals surface area contributed by atoms with Gasteiger partial charge >= 0.3 is 0 Å². The van der Waals surface area contributed by atoms with Gasteiger partial charge in [-0.05, 0) is 88.4 Å². The van der Waals surface area contributed by atoms with Gasteiger partial charge in [0.15, 0.2) is 0 Å². The van der Waals surface area contributed by atoms with Crippen LogP contribution in [0.3, 0.4) is 0 Å². The van der Waals surface area contributed by atoms with Crippen molar-refractivity contribution in [2.75, 3.05) is 0 Å². The van der Waals surface area contributed by atoms with Crippen molar-refractivity contribution in [2.45, 2.75) is 26.5 Å². The Morgan fingerprint density at radius 3 is 2.48 bits per heavy atom. The Labute approximate surface area is 169 Å². The maximum Gasteiger partial charge on any atom is 0.146 e. The van der Waals surface area contributed by atoms with Crippen LogP contribution in [0.5, 0.6) is 5.75 Å². The van der Waals surface area contributed by atoms with Crippen LogP contribution in [0.25, 0.3) is 0 Å². The number of hydrazone groups is 1. The van der Waals surface area contributed by atoms with Gasteiger partial charge in [-0.15, -0.1) is 0 Å². The highest BCUT2D eigenvalue weighted by molar-refractivity contribution is 14.1. The van der Waals surface area contributed by atoms with E-state index in [1.54, 1.807) is 6.21 Å². The van der Waals surface area contributed by atoms with Crippen LogP contribution in [0, 0.1) is 7.14 Å². The van der Waals surface area contributed by atoms with Crippen LogP contribution in [0.2, 0.25) is 5.02 Å². The van der Waals surface area contributed by atoms with Crippen molar-refractivity contribution in [1.29, 1.82) is 0 Å². The molecule has 6 heteroatoms. The van der Waals surface area contributed by atoms with Crippen LogP contribution in [0.1, 0.15) is 25.0 Å². The van der Waals surface area contributed by atoms with Gasteiger partial charge in [0, 0.05) is 5.02 Å². The predicted octanol–water partition coefficient (Wildman–Crippen LogP) is 5.46. The second-order valence-electron chi connectivity index (χ2n) is 5.16. The third-order valence-electron chi connectivity index (χ3n) is 2.91. The monoisotopic (exact) mass is 554 g/mol. The molecule has 2 rings (SSSR count). The summed E-state index contributed by atoms with van der Waals surface area (Å²) in [4.78, 5) is 0. The summed E-state index contributed by atoms with van der Waals surface area (Å²) in [7, 11) is 0. The van der Waals surface area contributed by atoms with Gasteiger partial charge in [-0.3, -0.25) is 0 Å². The Balaban J connectivity index is 2.01. The van der Waals surface area contributed by atoms with Crippen LogP contribution in [-0.4, -0.2) is 12.3 Å². The molecule has 1 N–H and O–H groups in total. The van der Waals surface area contributed by atoms with Gasteiger partial charge in [-0.2, -0.15) is 5.10 Å². The van der Waals surface area contributed by atoms with Gasteiger partial charge in [-0.1, -0.05) is 29.8 Å². The summed E-state index contributed by atoms with van der Waals surface area (Å²) in [5.41, 5.74) is 5.08. The van der Waals surface area contributed by atoms with E-state index in [4.69, 9.17) is 16.3 Å². The van der Waals surface area contributed by atoms with E-state index in [1.807, 2.05) is 38.1 Å². The lowest BCUT2D eigenvalue weighted by Gasteiger charge is -2.14. The molecule has 0 bridgehead atoms. The third kappa shape index (κ3) is 5.79. The lowest BCUT2D eigenvalue weighted by Crippen LogP contribution is -2.09. The zero-order valence-electron chi connectivity index (χ0n) is 12.8. The number of hydrogen-bond acceptors (Lipinski definition) is 3. The molecular weight excluding hydrogens is 537 g/mol. The maximum atomic E-state index is 6.11. The average Bonchev–Trinajstić information content (AvgIpc) is 2.49. The first-order valence-electron chi connectivity index (χ1n) is 7.12. The van der Waals surface area contributed by atoms with Crippen LogP contribution < -0.4 is 10.2 Å². The van der Waals surface area contributed by atoms with E-state index in [0.717, 1.165) is 29.0 Å². The molecule has 0 aromatic heterocycles. The number of halogens is 3. The van der Waals surface area contributed by atoms with E-state index in [0.29, 0.717) is 6.54 Å². The molecule has 0 atom stereocenters. The van der Waals surface area contributed by atoms with Gasteiger partial charge in [0.05, 0.1) is 26.0 Å². The van der Waals surface area contributed by atoms with Crippen molar-refractivity contribution < 1.29 is 4.74 Å². The normalized spacial score (nSPS) is 11.2. The number of nitrogens with zero attached hydrogens (tertiary/aromatic N) is 1. The maximum absolute atomic E-state index is 6.11. The third-order valence-corrected chi connectivity index (χ3v) is 4.88. The Bertz CT molecular complexity index is 682. The molecule has 2 aromatic rings. The van der Waals surface area contributed by atoms with E-state index in [-0.39, 0.29) is 6.10 Å². The molecule has 0 fully saturated rings. The minimum absolute atomic E-state index is 0.161. The van der Waals surface area contributed by atoms with E-state index in [9.17, 15) is 0 Å². The molecule has 0 aliphatic carbocycles. The molecule has 122 valence electrons. The highest BCUT2D eigenvalue weighted by atomic mass is 127. The van der Waals surface area contributed by atoms with Crippen molar-refractivity contribution in [3.63, 3.8) is 0 Å². The van der Waals surface area contributed by atoms with Crippen molar-refractivity contribution in [1.82, 2.24) is 5.43 Å². The molecule has 0 saturated heterocycles. The zero-order valence-corrected chi connectivity index (χ0v) is 17.9. The van der Waals surface area contributed by atoms with Crippen molar-refractivity contribution >= 4 is 63.0 Å². The summed E-state index contributed by atoms with van der Waals surface area (Å²) in [6.07, 6.45) is 1.97. The Morgan fingerprint density at radius 2 is 1.87 bits per heavy atom. The van der Waals surface area contributed by atoms with E-state index in [2.05, 4.69) is 67.8 Å². The van der Waals surface area contributed by atoms with Gasteiger partial charge in [0.25, 0.3) is 0 Å². The lowest BCUT2D eigenvalue weighted by atomic mass is 10.2. The van der Waals surface area contributed by atoms with Crippen LogP contribution >= 0.6 is 56.8 Å². The SMILES string of the molecule is CC(C)Oc1c(I)cc(/C=N\NCc2ccccc2Cl)cc1I. The minimum atomic E-state index is 0.161. The molecule has 0 unspecified atom stereocenters. The van der Waals surface area contributed by atoms with E-state index < -0.39 is 0 Å². The molecule has 0 radical (unpaired) electrons. The second-order valence-corrected chi connectivity index (χ2v) is 7.90. The summed E-state index contributed by atoms with van der Waals surface area (Å²) >= 11 is 10.7. The minimum Gasteiger partial charge on any atom is -0.489 e. The smallest absolute Gasteiger partial charge is 0.146 e. The van der Waals surface area contributed by atoms with Crippen LogP contribution in [0.4, 0.5) is 0 Å². The fraction of sp³-hybridized carbons (Fsp3) is 0.235. The molecule has 0 aliphatic rings. The number of hydrogen-bond donors (Lipinski definition) is 1. The molecule has 3 nitrogen and oxygen atoms in total. The highest BCUT2D eigenvalue weighted by Crippen LogP contribution is 2.29. The summed E-state index contributed by atoms with van der Waals surface area (Å²) < 4.78 is 8.00. The Hall–Kier alpha value is -0.540.